The van der Waals surface area contributed by atoms with Crippen molar-refractivity contribution in [3.8, 4) is 0 Å². The molecule has 0 fully saturated rings. The molecule has 3 rings (SSSR count). The van der Waals surface area contributed by atoms with Crippen molar-refractivity contribution in [1.82, 2.24) is 14.7 Å². The zero-order chi connectivity index (χ0) is 13.9. The van der Waals surface area contributed by atoms with Crippen LogP contribution < -0.4 is 10.6 Å². The number of rotatable bonds is 3. The Kier molecular flexibility index (Phi) is 3.39. The van der Waals surface area contributed by atoms with Crippen LogP contribution in [0.4, 0.5) is 10.5 Å². The highest BCUT2D eigenvalue weighted by Crippen LogP contribution is 2.11. The average molecular weight is 286 g/mol. The molecule has 2 heterocycles. The van der Waals surface area contributed by atoms with E-state index in [0.29, 0.717) is 6.54 Å². The summed E-state index contributed by atoms with van der Waals surface area (Å²) in [6, 6.07) is 7.44. The van der Waals surface area contributed by atoms with Crippen LogP contribution in [0.15, 0.2) is 42.0 Å². The minimum Gasteiger partial charge on any atom is -0.332 e. The summed E-state index contributed by atoms with van der Waals surface area (Å²) in [6.45, 7) is 2.42. The summed E-state index contributed by atoms with van der Waals surface area (Å²) in [6.07, 6.45) is 3.86. The van der Waals surface area contributed by atoms with Crippen molar-refractivity contribution in [1.29, 1.82) is 0 Å². The number of thiazole rings is 1. The summed E-state index contributed by atoms with van der Waals surface area (Å²) >= 11 is 1.57. The first-order valence-electron chi connectivity index (χ1n) is 6.23. The van der Waals surface area contributed by atoms with Crippen molar-refractivity contribution >= 4 is 28.0 Å². The van der Waals surface area contributed by atoms with Crippen molar-refractivity contribution in [3.63, 3.8) is 0 Å². The van der Waals surface area contributed by atoms with Gasteiger partial charge in [0.05, 0.1) is 12.2 Å². The molecule has 0 radical (unpaired) electrons. The Bertz CT molecular complexity index is 701. The van der Waals surface area contributed by atoms with Crippen LogP contribution in [0.1, 0.15) is 11.3 Å². The molecule has 5 nitrogen and oxygen atoms in total. The number of imidazole rings is 1. The molecule has 2 aromatic heterocycles. The van der Waals surface area contributed by atoms with E-state index in [1.54, 1.807) is 11.3 Å². The van der Waals surface area contributed by atoms with Crippen LogP contribution in [0, 0.1) is 6.92 Å². The number of carbonyl (C=O) groups excluding carboxylic acids is 1. The number of nitrogens with one attached hydrogen (secondary N) is 2. The molecule has 0 atom stereocenters. The highest BCUT2D eigenvalue weighted by molar-refractivity contribution is 7.15. The van der Waals surface area contributed by atoms with Gasteiger partial charge in [-0.3, -0.25) is 4.40 Å². The van der Waals surface area contributed by atoms with Crippen LogP contribution in [-0.2, 0) is 6.54 Å². The minimum atomic E-state index is -0.231. The molecule has 102 valence electrons. The van der Waals surface area contributed by atoms with E-state index < -0.39 is 0 Å². The van der Waals surface area contributed by atoms with Crippen molar-refractivity contribution < 1.29 is 4.79 Å². The van der Waals surface area contributed by atoms with Gasteiger partial charge in [-0.05, 0) is 19.1 Å². The van der Waals surface area contributed by atoms with Gasteiger partial charge >= 0.3 is 6.03 Å². The Labute approximate surface area is 120 Å². The van der Waals surface area contributed by atoms with Crippen molar-refractivity contribution in [3.05, 3.63) is 53.3 Å². The standard InChI is InChI=1S/C14H14N4OS/c1-10-2-4-11(5-3-10)16-13(19)15-8-12-9-18-6-7-20-14(18)17-12/h2-7,9H,8H2,1H3,(H2,15,16,19). The van der Waals surface area contributed by atoms with Crippen molar-refractivity contribution in [2.75, 3.05) is 5.32 Å². The molecule has 0 aliphatic rings. The number of aromatic nitrogens is 2. The Morgan fingerprint density at radius 1 is 1.35 bits per heavy atom. The first kappa shape index (κ1) is 12.7. The fraction of sp³-hybridized carbons (Fsp3) is 0.143. The molecule has 2 N–H and O–H groups in total. The molecule has 0 aliphatic heterocycles. The number of amides is 2. The van der Waals surface area contributed by atoms with Gasteiger partial charge in [-0.2, -0.15) is 0 Å². The smallest absolute Gasteiger partial charge is 0.319 e. The summed E-state index contributed by atoms with van der Waals surface area (Å²) in [7, 11) is 0. The lowest BCUT2D eigenvalue weighted by molar-refractivity contribution is 0.251. The predicted octanol–water partition coefficient (Wildman–Crippen LogP) is 3.03. The topological polar surface area (TPSA) is 58.4 Å². The monoisotopic (exact) mass is 286 g/mol. The second-order valence-electron chi connectivity index (χ2n) is 4.50. The van der Waals surface area contributed by atoms with Gasteiger partial charge in [0, 0.05) is 23.5 Å². The predicted molar refractivity (Wildman–Crippen MR) is 80.1 cm³/mol. The number of hydrogen-bond donors (Lipinski definition) is 2. The molecule has 3 aromatic rings. The maximum atomic E-state index is 11.8. The third-order valence-corrected chi connectivity index (χ3v) is 3.65. The Morgan fingerprint density at radius 3 is 2.90 bits per heavy atom. The Morgan fingerprint density at radius 2 is 2.15 bits per heavy atom. The van der Waals surface area contributed by atoms with Crippen LogP contribution in [0.5, 0.6) is 0 Å². The summed E-state index contributed by atoms with van der Waals surface area (Å²) in [5.41, 5.74) is 2.78. The van der Waals surface area contributed by atoms with Crippen LogP contribution in [0.25, 0.3) is 4.96 Å². The van der Waals surface area contributed by atoms with Gasteiger partial charge in [0.2, 0.25) is 0 Å². The fourth-order valence-electron chi connectivity index (χ4n) is 1.84. The van der Waals surface area contributed by atoms with Crippen LogP contribution in [0.3, 0.4) is 0 Å². The van der Waals surface area contributed by atoms with E-state index in [9.17, 15) is 4.79 Å². The fourth-order valence-corrected chi connectivity index (χ4v) is 2.56. The van der Waals surface area contributed by atoms with Gasteiger partial charge in [0.25, 0.3) is 0 Å². The number of benzene rings is 1. The lowest BCUT2D eigenvalue weighted by Crippen LogP contribution is -2.28. The van der Waals surface area contributed by atoms with Gasteiger partial charge in [-0.15, -0.1) is 11.3 Å². The molecule has 0 saturated heterocycles. The molecule has 0 spiro atoms. The van der Waals surface area contributed by atoms with Gasteiger partial charge < -0.3 is 10.6 Å². The summed E-state index contributed by atoms with van der Waals surface area (Å²) < 4.78 is 1.94. The molecular weight excluding hydrogens is 272 g/mol. The van der Waals surface area contributed by atoms with E-state index in [-0.39, 0.29) is 6.03 Å². The molecular formula is C14H14N4OS. The average Bonchev–Trinajstić information content (AvgIpc) is 3.00. The highest BCUT2D eigenvalue weighted by atomic mass is 32.1. The van der Waals surface area contributed by atoms with E-state index in [1.807, 2.05) is 53.4 Å². The quantitative estimate of drug-likeness (QED) is 0.777. The van der Waals surface area contributed by atoms with E-state index in [2.05, 4.69) is 15.6 Å². The first-order chi connectivity index (χ1) is 9.70. The number of hydrogen-bond acceptors (Lipinski definition) is 3. The van der Waals surface area contributed by atoms with Crippen molar-refractivity contribution in [2.24, 2.45) is 0 Å². The number of aryl methyl sites for hydroxylation is 1. The lowest BCUT2D eigenvalue weighted by Gasteiger charge is -2.06. The number of carbonyl (C=O) groups is 1. The normalized spacial score (nSPS) is 10.7. The largest absolute Gasteiger partial charge is 0.332 e. The van der Waals surface area contributed by atoms with Gasteiger partial charge in [0.15, 0.2) is 4.96 Å². The maximum Gasteiger partial charge on any atom is 0.319 e. The lowest BCUT2D eigenvalue weighted by atomic mass is 10.2. The number of urea groups is 1. The van der Waals surface area contributed by atoms with Gasteiger partial charge in [-0.1, -0.05) is 17.7 Å². The second-order valence-corrected chi connectivity index (χ2v) is 5.37. The Hall–Kier alpha value is -2.34. The van der Waals surface area contributed by atoms with Crippen molar-refractivity contribution in [2.45, 2.75) is 13.5 Å². The number of fused-ring (bicyclic) bond motifs is 1. The van der Waals surface area contributed by atoms with E-state index >= 15 is 0 Å². The van der Waals surface area contributed by atoms with E-state index in [1.165, 1.54) is 0 Å². The first-order valence-corrected chi connectivity index (χ1v) is 7.11. The zero-order valence-electron chi connectivity index (χ0n) is 11.0. The van der Waals surface area contributed by atoms with Crippen LogP contribution in [0.2, 0.25) is 0 Å². The van der Waals surface area contributed by atoms with Gasteiger partial charge in [0.1, 0.15) is 0 Å². The third kappa shape index (κ3) is 2.80. The second kappa shape index (κ2) is 5.34. The van der Waals surface area contributed by atoms with E-state index in [4.69, 9.17) is 0 Å². The van der Waals surface area contributed by atoms with Gasteiger partial charge in [-0.25, -0.2) is 9.78 Å². The third-order valence-electron chi connectivity index (χ3n) is 2.88. The Balaban J connectivity index is 1.56. The molecule has 1 aromatic carbocycles. The molecule has 0 saturated carbocycles. The van der Waals surface area contributed by atoms with Crippen LogP contribution >= 0.6 is 11.3 Å². The molecule has 0 bridgehead atoms. The zero-order valence-corrected chi connectivity index (χ0v) is 11.8. The SMILES string of the molecule is Cc1ccc(NC(=O)NCc2cn3ccsc3n2)cc1. The molecule has 0 unspecified atom stereocenters. The molecule has 6 heteroatoms. The summed E-state index contributed by atoms with van der Waals surface area (Å²) in [5.74, 6) is 0. The number of nitrogens with zero attached hydrogens (tertiary/aromatic N) is 2. The van der Waals surface area contributed by atoms with E-state index in [0.717, 1.165) is 21.9 Å². The summed E-state index contributed by atoms with van der Waals surface area (Å²) in [4.78, 5) is 17.1. The molecule has 20 heavy (non-hydrogen) atoms. The number of anilines is 1. The molecule has 2 amide bonds. The maximum absolute atomic E-state index is 11.8. The summed E-state index contributed by atoms with van der Waals surface area (Å²) in [5, 5.41) is 7.55. The highest BCUT2D eigenvalue weighted by Gasteiger charge is 2.05. The van der Waals surface area contributed by atoms with Crippen LogP contribution in [-0.4, -0.2) is 15.4 Å². The molecule has 0 aliphatic carbocycles. The minimum absolute atomic E-state index is 0.231.